The molecule has 4 nitrogen and oxygen atoms in total. The van der Waals surface area contributed by atoms with Crippen molar-refractivity contribution < 1.29 is 16.8 Å². The van der Waals surface area contributed by atoms with E-state index in [-0.39, 0.29) is 0 Å². The van der Waals surface area contributed by atoms with Gasteiger partial charge in [0.05, 0.1) is 0 Å². The lowest BCUT2D eigenvalue weighted by Crippen LogP contribution is -2.14. The summed E-state index contributed by atoms with van der Waals surface area (Å²) in [6, 6.07) is 0. The molecule has 0 bridgehead atoms. The Kier molecular flexibility index (Phi) is 5.37. The van der Waals surface area contributed by atoms with Gasteiger partial charge in [0.2, 0.25) is 10.0 Å². The van der Waals surface area contributed by atoms with Crippen LogP contribution >= 0.6 is 46.4 Å². The van der Waals surface area contributed by atoms with E-state index in [0.717, 1.165) is 0 Å². The zero-order valence-corrected chi connectivity index (χ0v) is 8.55. The van der Waals surface area contributed by atoms with Crippen LogP contribution in [0.15, 0.2) is 0 Å². The maximum absolute atomic E-state index is 10.5. The fourth-order valence-corrected chi connectivity index (χ4v) is 1.67. The fraction of sp³-hybridized carbons (Fsp3) is 1.00. The molecule has 0 amide bonds. The molecular formula is C2H2Cl4O4S. The molecule has 0 unspecified atom stereocenters. The van der Waals surface area contributed by atoms with E-state index in [1.165, 1.54) is 0 Å². The Balaban J connectivity index is 4.03. The van der Waals surface area contributed by atoms with Crippen LogP contribution in [0, 0.1) is 0 Å². The summed E-state index contributed by atoms with van der Waals surface area (Å²) >= 11 is 19.8. The van der Waals surface area contributed by atoms with Crippen molar-refractivity contribution in [2.75, 3.05) is 0 Å². The number of alkyl halides is 4. The van der Waals surface area contributed by atoms with Gasteiger partial charge in [-0.15, -0.1) is 0 Å². The molecular weight excluding hydrogens is 262 g/mol. The second-order valence-electron chi connectivity index (χ2n) is 1.12. The van der Waals surface area contributed by atoms with Crippen molar-refractivity contribution >= 4 is 56.8 Å². The number of halogens is 4. The lowest BCUT2D eigenvalue weighted by molar-refractivity contribution is 0.240. The van der Waals surface area contributed by atoms with E-state index in [0.29, 0.717) is 0 Å². The molecule has 11 heavy (non-hydrogen) atoms. The van der Waals surface area contributed by atoms with E-state index < -0.39 is 20.4 Å². The smallest absolute Gasteiger partial charge is 0.212 e. The van der Waals surface area contributed by atoms with Gasteiger partial charge in [-0.1, -0.05) is 46.4 Å². The molecule has 0 N–H and O–H groups in total. The van der Waals surface area contributed by atoms with Crippen molar-refractivity contribution in [3.05, 3.63) is 0 Å². The van der Waals surface area contributed by atoms with Gasteiger partial charge >= 0.3 is 10.4 Å². The summed E-state index contributed by atoms with van der Waals surface area (Å²) in [5, 5.41) is -3.10. The van der Waals surface area contributed by atoms with Crippen molar-refractivity contribution in [3.8, 4) is 0 Å². The van der Waals surface area contributed by atoms with Gasteiger partial charge in [0.15, 0.2) is 0 Å². The minimum Gasteiger partial charge on any atom is -0.212 e. The first kappa shape index (κ1) is 12.0. The van der Waals surface area contributed by atoms with Crippen molar-refractivity contribution in [3.63, 3.8) is 0 Å². The van der Waals surface area contributed by atoms with E-state index >= 15 is 0 Å². The Morgan fingerprint density at radius 2 is 1.18 bits per heavy atom. The Hall–Kier alpha value is 1.03. The molecule has 9 heteroatoms. The lowest BCUT2D eigenvalue weighted by Gasteiger charge is -2.05. The molecule has 0 saturated carbocycles. The molecule has 0 aromatic heterocycles. The third-order valence-corrected chi connectivity index (χ3v) is 2.02. The highest BCUT2D eigenvalue weighted by molar-refractivity contribution is 7.82. The molecule has 0 saturated heterocycles. The molecule has 0 atom stereocenters. The average Bonchev–Trinajstić information content (AvgIpc) is 1.53. The maximum Gasteiger partial charge on any atom is 0.405 e. The van der Waals surface area contributed by atoms with Gasteiger partial charge in [0, 0.05) is 0 Å². The van der Waals surface area contributed by atoms with Crippen LogP contribution in [0.1, 0.15) is 0 Å². The van der Waals surface area contributed by atoms with Gasteiger partial charge in [-0.3, -0.25) is 0 Å². The molecule has 68 valence electrons. The Labute approximate surface area is 83.6 Å². The number of hydrogen-bond acceptors (Lipinski definition) is 4. The highest BCUT2D eigenvalue weighted by atomic mass is 35.5. The van der Waals surface area contributed by atoms with E-state index in [1.807, 2.05) is 0 Å². The maximum atomic E-state index is 10.5. The van der Waals surface area contributed by atoms with E-state index in [1.54, 1.807) is 0 Å². The minimum atomic E-state index is -4.31. The summed E-state index contributed by atoms with van der Waals surface area (Å²) in [5.74, 6) is 0. The van der Waals surface area contributed by atoms with Crippen LogP contribution in [0.4, 0.5) is 0 Å². The average molecular weight is 264 g/mol. The van der Waals surface area contributed by atoms with Gasteiger partial charge in [0.25, 0.3) is 0 Å². The fourth-order valence-electron chi connectivity index (χ4n) is 0.201. The van der Waals surface area contributed by atoms with Crippen molar-refractivity contribution in [2.24, 2.45) is 0 Å². The quantitative estimate of drug-likeness (QED) is 0.726. The summed E-state index contributed by atoms with van der Waals surface area (Å²) in [6.45, 7) is 0. The van der Waals surface area contributed by atoms with Crippen LogP contribution in [0.25, 0.3) is 0 Å². The topological polar surface area (TPSA) is 52.6 Å². The van der Waals surface area contributed by atoms with Crippen molar-refractivity contribution in [2.45, 2.75) is 10.0 Å². The van der Waals surface area contributed by atoms with Crippen molar-refractivity contribution in [1.82, 2.24) is 0 Å². The number of rotatable bonds is 4. The van der Waals surface area contributed by atoms with Crippen LogP contribution < -0.4 is 0 Å². The molecule has 0 radical (unpaired) electrons. The van der Waals surface area contributed by atoms with Crippen molar-refractivity contribution in [1.29, 1.82) is 0 Å². The Morgan fingerprint density at radius 3 is 1.36 bits per heavy atom. The SMILES string of the molecule is O=S(=O)(OC(Cl)Cl)OC(Cl)Cl. The van der Waals surface area contributed by atoms with Crippen LogP contribution in [0.3, 0.4) is 0 Å². The van der Waals surface area contributed by atoms with Crippen LogP contribution in [0.2, 0.25) is 0 Å². The molecule has 0 aromatic rings. The molecule has 0 fully saturated rings. The first-order chi connectivity index (χ1) is 4.83. The largest absolute Gasteiger partial charge is 0.405 e. The Bertz CT molecular complexity index is 182. The normalized spacial score (nSPS) is 12.9. The highest BCUT2D eigenvalue weighted by Gasteiger charge is 2.19. The summed E-state index contributed by atoms with van der Waals surface area (Å²) in [4.78, 5) is 0. The summed E-state index contributed by atoms with van der Waals surface area (Å²) < 4.78 is 28.7. The van der Waals surface area contributed by atoms with Gasteiger partial charge < -0.3 is 0 Å². The van der Waals surface area contributed by atoms with Crippen LogP contribution in [-0.4, -0.2) is 18.5 Å². The summed E-state index contributed by atoms with van der Waals surface area (Å²) in [6.07, 6.45) is 0. The van der Waals surface area contributed by atoms with Gasteiger partial charge in [-0.2, -0.15) is 8.42 Å². The zero-order valence-electron chi connectivity index (χ0n) is 4.71. The molecule has 0 heterocycles. The molecule has 0 aliphatic rings. The third-order valence-electron chi connectivity index (χ3n) is 0.381. The molecule has 0 aliphatic carbocycles. The Morgan fingerprint density at radius 1 is 0.909 bits per heavy atom. The monoisotopic (exact) mass is 262 g/mol. The molecule has 0 aromatic carbocycles. The highest BCUT2D eigenvalue weighted by Crippen LogP contribution is 2.14. The molecule has 0 aliphatic heterocycles. The standard InChI is InChI=1S/C2H2Cl4O4S/c3-1(4)9-11(7,8)10-2(5)6/h1-2H. The van der Waals surface area contributed by atoms with Gasteiger partial charge in [-0.25, -0.2) is 8.37 Å². The lowest BCUT2D eigenvalue weighted by atomic mass is 11.7. The van der Waals surface area contributed by atoms with E-state index in [4.69, 9.17) is 46.4 Å². The predicted octanol–water partition coefficient (Wildman–Crippen LogP) is 1.79. The van der Waals surface area contributed by atoms with Gasteiger partial charge in [0.1, 0.15) is 0 Å². The summed E-state index contributed by atoms with van der Waals surface area (Å²) in [5.41, 5.74) is 0. The first-order valence-electron chi connectivity index (χ1n) is 2.01. The number of hydrogen-bond donors (Lipinski definition) is 0. The van der Waals surface area contributed by atoms with E-state index in [9.17, 15) is 8.42 Å². The predicted molar refractivity (Wildman–Crippen MR) is 42.1 cm³/mol. The van der Waals surface area contributed by atoms with Crippen LogP contribution in [-0.2, 0) is 18.8 Å². The van der Waals surface area contributed by atoms with Crippen LogP contribution in [0.5, 0.6) is 0 Å². The van der Waals surface area contributed by atoms with Gasteiger partial charge in [-0.05, 0) is 0 Å². The second-order valence-corrected chi connectivity index (χ2v) is 4.36. The minimum absolute atomic E-state index is 1.55. The first-order valence-corrected chi connectivity index (χ1v) is 5.09. The van der Waals surface area contributed by atoms with E-state index in [2.05, 4.69) is 8.37 Å². The molecule has 0 rings (SSSR count). The summed E-state index contributed by atoms with van der Waals surface area (Å²) in [7, 11) is -4.31. The second kappa shape index (κ2) is 4.91. The third kappa shape index (κ3) is 7.39. The zero-order chi connectivity index (χ0) is 9.07. The molecule has 0 spiro atoms.